The van der Waals surface area contributed by atoms with Crippen LogP contribution in [0.2, 0.25) is 0 Å². The molecule has 3 aliphatic rings. The van der Waals surface area contributed by atoms with E-state index in [1.807, 2.05) is 0 Å². The summed E-state index contributed by atoms with van der Waals surface area (Å²) in [7, 11) is 2.11. The van der Waals surface area contributed by atoms with Gasteiger partial charge >= 0.3 is 0 Å². The van der Waals surface area contributed by atoms with Crippen molar-refractivity contribution in [2.24, 2.45) is 24.3 Å². The summed E-state index contributed by atoms with van der Waals surface area (Å²) in [6.45, 7) is 8.26. The molecule has 2 saturated carbocycles. The largest absolute Gasteiger partial charge is 0.356 e. The average molecular weight is 359 g/mol. The van der Waals surface area contributed by atoms with Gasteiger partial charge in [-0.1, -0.05) is 12.8 Å². The highest BCUT2D eigenvalue weighted by Gasteiger charge is 2.58. The Morgan fingerprint density at radius 1 is 1.23 bits per heavy atom. The summed E-state index contributed by atoms with van der Waals surface area (Å²) >= 11 is 0. The lowest BCUT2D eigenvalue weighted by Gasteiger charge is -2.31. The van der Waals surface area contributed by atoms with Crippen molar-refractivity contribution >= 4 is 5.91 Å². The van der Waals surface area contributed by atoms with Gasteiger partial charge in [-0.2, -0.15) is 0 Å². The van der Waals surface area contributed by atoms with E-state index in [-0.39, 0.29) is 0 Å². The maximum absolute atomic E-state index is 12.5. The molecule has 1 aliphatic heterocycles. The molecular formula is C21H34N4O. The zero-order valence-electron chi connectivity index (χ0n) is 16.7. The van der Waals surface area contributed by atoms with Crippen LogP contribution in [0.15, 0.2) is 0 Å². The van der Waals surface area contributed by atoms with E-state index in [1.165, 1.54) is 50.0 Å². The van der Waals surface area contributed by atoms with Crippen molar-refractivity contribution in [2.75, 3.05) is 19.6 Å². The van der Waals surface area contributed by atoms with Crippen LogP contribution in [0.4, 0.5) is 0 Å². The Morgan fingerprint density at radius 2 is 1.92 bits per heavy atom. The summed E-state index contributed by atoms with van der Waals surface area (Å²) in [5.41, 5.74) is 2.82. The second-order valence-electron chi connectivity index (χ2n) is 9.05. The number of aryl methyl sites for hydroxylation is 1. The standard InChI is InChI=1S/C21H34N4O/c1-15-16(2)24(3)19(23-15)14-25-10-6-17(7-11-25)13-22-20(26)18-12-21(18)8-4-5-9-21/h17-18H,4-14H2,1-3H3,(H,22,26). The number of nitrogens with one attached hydrogen (secondary N) is 1. The van der Waals surface area contributed by atoms with Crippen molar-refractivity contribution in [3.8, 4) is 0 Å². The predicted molar refractivity (Wildman–Crippen MR) is 103 cm³/mol. The van der Waals surface area contributed by atoms with Crippen molar-refractivity contribution in [3.63, 3.8) is 0 Å². The van der Waals surface area contributed by atoms with Crippen LogP contribution in [0.25, 0.3) is 0 Å². The number of rotatable bonds is 5. The first-order valence-corrected chi connectivity index (χ1v) is 10.5. The highest BCUT2D eigenvalue weighted by atomic mass is 16.2. The van der Waals surface area contributed by atoms with Gasteiger partial charge in [-0.05, 0) is 70.4 Å². The van der Waals surface area contributed by atoms with Crippen LogP contribution < -0.4 is 5.32 Å². The lowest BCUT2D eigenvalue weighted by atomic mass is 9.96. The zero-order chi connectivity index (χ0) is 18.3. The zero-order valence-corrected chi connectivity index (χ0v) is 16.7. The Bertz CT molecular complexity index is 666. The molecule has 1 amide bonds. The highest BCUT2D eigenvalue weighted by Crippen LogP contribution is 2.62. The number of carbonyl (C=O) groups excluding carboxylic acids is 1. The van der Waals surface area contributed by atoms with Crippen molar-refractivity contribution in [1.29, 1.82) is 0 Å². The fourth-order valence-corrected chi connectivity index (χ4v) is 5.19. The molecule has 3 fully saturated rings. The van der Waals surface area contributed by atoms with E-state index in [0.717, 1.165) is 38.3 Å². The lowest BCUT2D eigenvalue weighted by Crippen LogP contribution is -2.39. The lowest BCUT2D eigenvalue weighted by molar-refractivity contribution is -0.123. The number of imidazole rings is 1. The Kier molecular flexibility index (Phi) is 4.84. The molecule has 1 aromatic heterocycles. The molecular weight excluding hydrogens is 324 g/mol. The monoisotopic (exact) mass is 358 g/mol. The summed E-state index contributed by atoms with van der Waals surface area (Å²) in [4.78, 5) is 19.7. The molecule has 1 spiro atoms. The predicted octanol–water partition coefficient (Wildman–Crippen LogP) is 2.95. The molecule has 26 heavy (non-hydrogen) atoms. The van der Waals surface area contributed by atoms with E-state index in [9.17, 15) is 4.79 Å². The molecule has 0 aromatic carbocycles. The van der Waals surface area contributed by atoms with E-state index in [4.69, 9.17) is 4.98 Å². The molecule has 0 bridgehead atoms. The minimum absolute atomic E-state index is 0.333. The maximum Gasteiger partial charge on any atom is 0.223 e. The van der Waals surface area contributed by atoms with Gasteiger partial charge in [0.25, 0.3) is 0 Å². The Hall–Kier alpha value is -1.36. The minimum Gasteiger partial charge on any atom is -0.356 e. The highest BCUT2D eigenvalue weighted by molar-refractivity contribution is 5.82. The third-order valence-electron chi connectivity index (χ3n) is 7.45. The molecule has 144 valence electrons. The second kappa shape index (κ2) is 6.99. The van der Waals surface area contributed by atoms with Crippen LogP contribution >= 0.6 is 0 Å². The van der Waals surface area contributed by atoms with Crippen molar-refractivity contribution < 1.29 is 4.79 Å². The van der Waals surface area contributed by atoms with Gasteiger partial charge in [0, 0.05) is 25.2 Å². The van der Waals surface area contributed by atoms with E-state index in [1.54, 1.807) is 0 Å². The molecule has 1 unspecified atom stereocenters. The first kappa shape index (κ1) is 18.0. The smallest absolute Gasteiger partial charge is 0.223 e. The Balaban J connectivity index is 1.19. The SMILES string of the molecule is Cc1nc(CN2CCC(CNC(=O)C3CC34CCCC4)CC2)n(C)c1C. The number of hydrogen-bond donors (Lipinski definition) is 1. The van der Waals surface area contributed by atoms with Crippen LogP contribution in [0.5, 0.6) is 0 Å². The number of hydrogen-bond acceptors (Lipinski definition) is 3. The van der Waals surface area contributed by atoms with Gasteiger partial charge in [-0.3, -0.25) is 9.69 Å². The van der Waals surface area contributed by atoms with Gasteiger partial charge in [-0.15, -0.1) is 0 Å². The van der Waals surface area contributed by atoms with Crippen LogP contribution in [0.1, 0.15) is 62.2 Å². The molecule has 1 aromatic rings. The summed E-state index contributed by atoms with van der Waals surface area (Å²) in [5, 5.41) is 3.28. The van der Waals surface area contributed by atoms with Gasteiger partial charge in [0.15, 0.2) is 0 Å². The molecule has 0 radical (unpaired) electrons. The third-order valence-corrected chi connectivity index (χ3v) is 7.45. The molecule has 1 atom stereocenters. The summed E-state index contributed by atoms with van der Waals surface area (Å²) < 4.78 is 2.22. The summed E-state index contributed by atoms with van der Waals surface area (Å²) in [6.07, 6.45) is 8.75. The van der Waals surface area contributed by atoms with Gasteiger partial charge in [0.2, 0.25) is 5.91 Å². The van der Waals surface area contributed by atoms with Gasteiger partial charge < -0.3 is 9.88 Å². The van der Waals surface area contributed by atoms with Crippen LogP contribution in [0, 0.1) is 31.1 Å². The van der Waals surface area contributed by atoms with Gasteiger partial charge in [-0.25, -0.2) is 4.98 Å². The molecule has 2 heterocycles. The van der Waals surface area contributed by atoms with Gasteiger partial charge in [0.05, 0.1) is 12.2 Å². The molecule has 5 heteroatoms. The minimum atomic E-state index is 0.333. The van der Waals surface area contributed by atoms with E-state index >= 15 is 0 Å². The van der Waals surface area contributed by atoms with Crippen molar-refractivity contribution in [3.05, 3.63) is 17.2 Å². The number of piperidine rings is 1. The van der Waals surface area contributed by atoms with Crippen molar-refractivity contribution in [2.45, 2.75) is 65.3 Å². The number of likely N-dealkylation sites (tertiary alicyclic amines) is 1. The first-order valence-electron chi connectivity index (χ1n) is 10.5. The van der Waals surface area contributed by atoms with Crippen LogP contribution in [0.3, 0.4) is 0 Å². The Labute approximate surface area is 157 Å². The molecule has 1 saturated heterocycles. The number of amides is 1. The Morgan fingerprint density at radius 3 is 2.54 bits per heavy atom. The van der Waals surface area contributed by atoms with Gasteiger partial charge in [0.1, 0.15) is 5.82 Å². The topological polar surface area (TPSA) is 50.2 Å². The molecule has 4 rings (SSSR count). The van der Waals surface area contributed by atoms with Crippen molar-refractivity contribution in [1.82, 2.24) is 19.8 Å². The fraction of sp³-hybridized carbons (Fsp3) is 0.810. The maximum atomic E-state index is 12.5. The van der Waals surface area contributed by atoms with E-state index < -0.39 is 0 Å². The van der Waals surface area contributed by atoms with Crippen LogP contribution in [-0.2, 0) is 18.4 Å². The van der Waals surface area contributed by atoms with Crippen LogP contribution in [-0.4, -0.2) is 40.0 Å². The summed E-state index contributed by atoms with van der Waals surface area (Å²) in [6, 6.07) is 0. The molecule has 1 N–H and O–H groups in total. The first-order chi connectivity index (χ1) is 12.5. The third kappa shape index (κ3) is 3.42. The molecule has 5 nitrogen and oxygen atoms in total. The number of aromatic nitrogens is 2. The van der Waals surface area contributed by atoms with E-state index in [2.05, 4.69) is 35.7 Å². The fourth-order valence-electron chi connectivity index (χ4n) is 5.19. The number of nitrogens with zero attached hydrogens (tertiary/aromatic N) is 3. The normalized spacial score (nSPS) is 25.7. The average Bonchev–Trinajstić information content (AvgIpc) is 3.05. The summed E-state index contributed by atoms with van der Waals surface area (Å²) in [5.74, 6) is 2.48. The number of carbonyl (C=O) groups is 1. The quantitative estimate of drug-likeness (QED) is 0.880. The van der Waals surface area contributed by atoms with E-state index in [0.29, 0.717) is 23.2 Å². The second-order valence-corrected chi connectivity index (χ2v) is 9.05. The molecule has 2 aliphatic carbocycles.